The van der Waals surface area contributed by atoms with Gasteiger partial charge in [-0.25, -0.2) is 8.78 Å². The molecule has 1 aromatic carbocycles. The molecule has 3 N–H and O–H groups in total. The first-order chi connectivity index (χ1) is 14.0. The van der Waals surface area contributed by atoms with Crippen molar-refractivity contribution in [2.24, 2.45) is 5.73 Å². The van der Waals surface area contributed by atoms with E-state index < -0.39 is 17.7 Å². The summed E-state index contributed by atoms with van der Waals surface area (Å²) in [7, 11) is 0. The van der Waals surface area contributed by atoms with Gasteiger partial charge in [-0.15, -0.1) is 11.3 Å². The molecule has 4 rings (SSSR count). The molecule has 9 heteroatoms. The fraction of sp³-hybridized carbons (Fsp3) is 0.300. The number of thiophene rings is 1. The van der Waals surface area contributed by atoms with Crippen LogP contribution in [-0.4, -0.2) is 28.3 Å². The lowest BCUT2D eigenvalue weighted by molar-refractivity contribution is 0.0942. The molecule has 1 atom stereocenters. The first kappa shape index (κ1) is 20.2. The van der Waals surface area contributed by atoms with E-state index in [1.807, 2.05) is 10.7 Å². The van der Waals surface area contributed by atoms with E-state index in [0.29, 0.717) is 4.88 Å². The Morgan fingerprint density at radius 1 is 1.38 bits per heavy atom. The van der Waals surface area contributed by atoms with Gasteiger partial charge in [-0.1, -0.05) is 0 Å². The first-order valence-corrected chi connectivity index (χ1v) is 10.9. The number of nitrogens with zero attached hydrogens (tertiary/aromatic N) is 2. The van der Waals surface area contributed by atoms with Crippen LogP contribution in [0.1, 0.15) is 26.5 Å². The molecular formula is C20H19BrF2N4OS. The zero-order chi connectivity index (χ0) is 20.5. The Bertz CT molecular complexity index is 1060. The van der Waals surface area contributed by atoms with Crippen molar-refractivity contribution in [1.82, 2.24) is 15.1 Å². The summed E-state index contributed by atoms with van der Waals surface area (Å²) in [5, 5.41) is 7.24. The Balaban J connectivity index is 1.55. The third-order valence-corrected chi connectivity index (χ3v) is 6.72. The molecule has 0 spiro atoms. The number of hydrogen-bond acceptors (Lipinski definition) is 4. The lowest BCUT2D eigenvalue weighted by Crippen LogP contribution is -2.41. The minimum atomic E-state index is -0.521. The second-order valence-corrected chi connectivity index (χ2v) is 8.95. The van der Waals surface area contributed by atoms with Gasteiger partial charge < -0.3 is 11.1 Å². The van der Waals surface area contributed by atoms with Crippen LogP contribution in [0.4, 0.5) is 8.78 Å². The molecule has 0 radical (unpaired) electrons. The SMILES string of the molecule is NCC(Cc1cc(F)ccc1F)NC(=O)c1cc2c(s1)CCCn1ncc(Br)c1-2. The third kappa shape index (κ3) is 4.12. The maximum atomic E-state index is 13.9. The highest BCUT2D eigenvalue weighted by atomic mass is 79.9. The van der Waals surface area contributed by atoms with Gasteiger partial charge >= 0.3 is 0 Å². The summed E-state index contributed by atoms with van der Waals surface area (Å²) in [4.78, 5) is 14.5. The Hall–Kier alpha value is -2.10. The number of nitrogens with one attached hydrogen (secondary N) is 1. The number of fused-ring (bicyclic) bond motifs is 3. The van der Waals surface area contributed by atoms with E-state index in [9.17, 15) is 13.6 Å². The monoisotopic (exact) mass is 480 g/mol. The molecule has 29 heavy (non-hydrogen) atoms. The second kappa shape index (κ2) is 8.33. The van der Waals surface area contributed by atoms with E-state index in [-0.39, 0.29) is 24.4 Å². The highest BCUT2D eigenvalue weighted by molar-refractivity contribution is 9.10. The summed E-state index contributed by atoms with van der Waals surface area (Å²) in [6.45, 7) is 0.948. The number of amides is 1. The number of carbonyl (C=O) groups excluding carboxylic acids is 1. The maximum absolute atomic E-state index is 13.9. The molecular weight excluding hydrogens is 462 g/mol. The fourth-order valence-electron chi connectivity index (χ4n) is 3.53. The molecule has 3 heterocycles. The quantitative estimate of drug-likeness (QED) is 0.581. The van der Waals surface area contributed by atoms with Crippen molar-refractivity contribution in [3.05, 3.63) is 61.9 Å². The van der Waals surface area contributed by atoms with Gasteiger partial charge in [0, 0.05) is 29.6 Å². The summed E-state index contributed by atoms with van der Waals surface area (Å²) in [6, 6.07) is 4.65. The van der Waals surface area contributed by atoms with E-state index in [4.69, 9.17) is 5.73 Å². The van der Waals surface area contributed by atoms with Gasteiger partial charge in [-0.2, -0.15) is 5.10 Å². The highest BCUT2D eigenvalue weighted by Gasteiger charge is 2.24. The molecule has 2 aromatic heterocycles. The molecule has 0 bridgehead atoms. The minimum absolute atomic E-state index is 0.116. The lowest BCUT2D eigenvalue weighted by Gasteiger charge is -2.17. The molecule has 0 aliphatic carbocycles. The standard InChI is InChI=1S/C20H19BrF2N4OS/c21-15-10-25-27-5-1-2-17-14(19(15)27)8-18(29-17)20(28)26-13(9-24)7-11-6-12(22)3-4-16(11)23/h3-4,6,8,10,13H,1-2,5,7,9,24H2,(H,26,28). The zero-order valence-electron chi connectivity index (χ0n) is 15.4. The summed E-state index contributed by atoms with van der Waals surface area (Å²) < 4.78 is 30.2. The first-order valence-electron chi connectivity index (χ1n) is 9.25. The van der Waals surface area contributed by atoms with Gasteiger partial charge in [0.05, 0.1) is 21.2 Å². The Morgan fingerprint density at radius 2 is 2.21 bits per heavy atom. The maximum Gasteiger partial charge on any atom is 0.261 e. The number of benzene rings is 1. The van der Waals surface area contributed by atoms with Crippen LogP contribution in [0.5, 0.6) is 0 Å². The van der Waals surface area contributed by atoms with E-state index in [1.54, 1.807) is 6.20 Å². The third-order valence-electron chi connectivity index (χ3n) is 4.95. The van der Waals surface area contributed by atoms with Gasteiger partial charge in [0.25, 0.3) is 5.91 Å². The van der Waals surface area contributed by atoms with Crippen LogP contribution in [-0.2, 0) is 19.4 Å². The van der Waals surface area contributed by atoms with E-state index >= 15 is 0 Å². The van der Waals surface area contributed by atoms with Crippen molar-refractivity contribution in [3.8, 4) is 11.3 Å². The molecule has 0 fully saturated rings. The van der Waals surface area contributed by atoms with Crippen LogP contribution in [0.25, 0.3) is 11.3 Å². The lowest BCUT2D eigenvalue weighted by atomic mass is 10.0. The Morgan fingerprint density at radius 3 is 3.00 bits per heavy atom. The predicted octanol–water partition coefficient (Wildman–Crippen LogP) is 3.90. The van der Waals surface area contributed by atoms with E-state index in [0.717, 1.165) is 58.2 Å². The molecule has 0 saturated carbocycles. The summed E-state index contributed by atoms with van der Waals surface area (Å²) >= 11 is 4.99. The molecule has 1 aliphatic heterocycles. The number of aromatic nitrogens is 2. The van der Waals surface area contributed by atoms with Gasteiger partial charge in [0.15, 0.2) is 0 Å². The highest BCUT2D eigenvalue weighted by Crippen LogP contribution is 2.38. The van der Waals surface area contributed by atoms with Crippen molar-refractivity contribution < 1.29 is 13.6 Å². The number of halogens is 3. The van der Waals surface area contributed by atoms with E-state index in [1.165, 1.54) is 11.3 Å². The predicted molar refractivity (Wildman–Crippen MR) is 112 cm³/mol. The number of rotatable bonds is 5. The van der Waals surface area contributed by atoms with Crippen molar-refractivity contribution in [2.75, 3.05) is 6.54 Å². The van der Waals surface area contributed by atoms with Crippen molar-refractivity contribution >= 4 is 33.2 Å². The number of aryl methyl sites for hydroxylation is 2. The van der Waals surface area contributed by atoms with Crippen molar-refractivity contribution in [1.29, 1.82) is 0 Å². The molecule has 3 aromatic rings. The fourth-order valence-corrected chi connectivity index (χ4v) is 5.15. The van der Waals surface area contributed by atoms with Crippen molar-refractivity contribution in [3.63, 3.8) is 0 Å². The zero-order valence-corrected chi connectivity index (χ0v) is 17.8. The van der Waals surface area contributed by atoms with Crippen LogP contribution in [0.15, 0.2) is 34.9 Å². The molecule has 1 unspecified atom stereocenters. The second-order valence-electron chi connectivity index (χ2n) is 6.96. The van der Waals surface area contributed by atoms with Gasteiger partial charge in [-0.3, -0.25) is 9.48 Å². The average Bonchev–Trinajstić information content (AvgIpc) is 3.23. The van der Waals surface area contributed by atoms with Crippen LogP contribution in [0.2, 0.25) is 0 Å². The average molecular weight is 481 g/mol. The summed E-state index contributed by atoms with van der Waals surface area (Å²) in [5.41, 5.74) is 7.95. The van der Waals surface area contributed by atoms with Crippen molar-refractivity contribution in [2.45, 2.75) is 31.8 Å². The largest absolute Gasteiger partial charge is 0.347 e. The Kier molecular flexibility index (Phi) is 5.80. The number of nitrogens with two attached hydrogens (primary N) is 1. The number of hydrogen-bond donors (Lipinski definition) is 2. The van der Waals surface area contributed by atoms with Crippen LogP contribution in [0.3, 0.4) is 0 Å². The van der Waals surface area contributed by atoms with Gasteiger partial charge in [0.2, 0.25) is 0 Å². The van der Waals surface area contributed by atoms with E-state index in [2.05, 4.69) is 26.3 Å². The Labute approximate surface area is 179 Å². The number of carbonyl (C=O) groups is 1. The normalized spacial score (nSPS) is 14.1. The molecule has 1 amide bonds. The molecule has 5 nitrogen and oxygen atoms in total. The van der Waals surface area contributed by atoms with Crippen LogP contribution < -0.4 is 11.1 Å². The van der Waals surface area contributed by atoms with Gasteiger partial charge in [0.1, 0.15) is 11.6 Å². The summed E-state index contributed by atoms with van der Waals surface area (Å²) in [6.07, 6.45) is 3.70. The van der Waals surface area contributed by atoms with Gasteiger partial charge in [-0.05, 0) is 65.0 Å². The minimum Gasteiger partial charge on any atom is -0.347 e. The topological polar surface area (TPSA) is 72.9 Å². The van der Waals surface area contributed by atoms with Crippen LogP contribution in [0, 0.1) is 11.6 Å². The molecule has 1 aliphatic rings. The summed E-state index contributed by atoms with van der Waals surface area (Å²) in [5.74, 6) is -1.30. The smallest absolute Gasteiger partial charge is 0.261 e. The molecule has 152 valence electrons. The molecule has 0 saturated heterocycles. The van der Waals surface area contributed by atoms with Crippen LogP contribution >= 0.6 is 27.3 Å².